The minimum absolute atomic E-state index is 0.0647. The van der Waals surface area contributed by atoms with Crippen LogP contribution in [0.15, 0.2) is 47.4 Å². The van der Waals surface area contributed by atoms with Crippen molar-refractivity contribution in [3.63, 3.8) is 0 Å². The molecule has 0 saturated carbocycles. The molecule has 1 N–H and O–H groups in total. The van der Waals surface area contributed by atoms with E-state index in [0.717, 1.165) is 33.2 Å². The summed E-state index contributed by atoms with van der Waals surface area (Å²) in [4.78, 5) is 35.4. The quantitative estimate of drug-likeness (QED) is 0.175. The third-order valence-corrected chi connectivity index (χ3v) is 9.47. The van der Waals surface area contributed by atoms with E-state index in [0.29, 0.717) is 54.8 Å². The van der Waals surface area contributed by atoms with Gasteiger partial charge in [-0.05, 0) is 70.5 Å². The second-order valence-electron chi connectivity index (χ2n) is 11.1. The number of piperazine rings is 1. The molecule has 2 aromatic carbocycles. The first kappa shape index (κ1) is 34.6. The first-order chi connectivity index (χ1) is 21.3. The Labute approximate surface area is 270 Å². The average Bonchev–Trinajstić information content (AvgIpc) is 3.39. The van der Waals surface area contributed by atoms with Gasteiger partial charge >= 0.3 is 18.2 Å². The molecule has 1 aromatic heterocycles. The fraction of sp³-hybridized carbons (Fsp3) is 0.469. The number of carbonyl (C=O) groups is 2. The summed E-state index contributed by atoms with van der Waals surface area (Å²) < 4.78 is 50.3. The Kier molecular flexibility index (Phi) is 11.8. The zero-order chi connectivity index (χ0) is 32.7. The summed E-state index contributed by atoms with van der Waals surface area (Å²) in [6, 6.07) is 10.9. The SMILES string of the molecule is CCOC(=O)C(C)Oc1ccc(SCc2sc(-c3ccc(C(F)(F)F)cc3)nc2CN2CCN(C(=O)NC(C)C)CC2)cc1C. The Morgan fingerprint density at radius 1 is 1.07 bits per heavy atom. The summed E-state index contributed by atoms with van der Waals surface area (Å²) in [6.45, 7) is 12.6. The van der Waals surface area contributed by atoms with Gasteiger partial charge in [-0.3, -0.25) is 4.90 Å². The molecule has 0 radical (unpaired) electrons. The Morgan fingerprint density at radius 3 is 2.36 bits per heavy atom. The number of benzene rings is 2. The molecule has 0 bridgehead atoms. The summed E-state index contributed by atoms with van der Waals surface area (Å²) in [5.74, 6) is 0.796. The number of hydrogen-bond acceptors (Lipinski definition) is 8. The normalized spacial score (nSPS) is 14.8. The highest BCUT2D eigenvalue weighted by atomic mass is 32.2. The number of thiazole rings is 1. The molecule has 0 spiro atoms. The number of urea groups is 1. The minimum Gasteiger partial charge on any atom is -0.479 e. The largest absolute Gasteiger partial charge is 0.479 e. The molecular weight excluding hydrogens is 626 g/mol. The predicted octanol–water partition coefficient (Wildman–Crippen LogP) is 7.00. The van der Waals surface area contributed by atoms with E-state index in [4.69, 9.17) is 14.5 Å². The van der Waals surface area contributed by atoms with Crippen LogP contribution in [0.4, 0.5) is 18.0 Å². The number of nitrogens with one attached hydrogen (secondary N) is 1. The number of ether oxygens (including phenoxy) is 2. The maximum atomic E-state index is 13.2. The lowest BCUT2D eigenvalue weighted by molar-refractivity contribution is -0.150. The van der Waals surface area contributed by atoms with Crippen molar-refractivity contribution in [3.8, 4) is 16.3 Å². The molecule has 8 nitrogen and oxygen atoms in total. The van der Waals surface area contributed by atoms with Crippen LogP contribution in [-0.2, 0) is 28.0 Å². The lowest BCUT2D eigenvalue weighted by Crippen LogP contribution is -2.52. The summed E-state index contributed by atoms with van der Waals surface area (Å²) in [5.41, 5.74) is 1.69. The number of amides is 2. The molecule has 1 unspecified atom stereocenters. The number of aryl methyl sites for hydroxylation is 1. The van der Waals surface area contributed by atoms with Gasteiger partial charge in [-0.25, -0.2) is 14.6 Å². The van der Waals surface area contributed by atoms with E-state index >= 15 is 0 Å². The van der Waals surface area contributed by atoms with Crippen LogP contribution in [0, 0.1) is 6.92 Å². The van der Waals surface area contributed by atoms with Crippen LogP contribution in [0.25, 0.3) is 10.6 Å². The lowest BCUT2D eigenvalue weighted by Gasteiger charge is -2.34. The number of hydrogen-bond donors (Lipinski definition) is 1. The zero-order valence-corrected chi connectivity index (χ0v) is 27.7. The monoisotopic (exact) mass is 664 g/mol. The number of nitrogens with zero attached hydrogens (tertiary/aromatic N) is 3. The first-order valence-corrected chi connectivity index (χ1v) is 16.6. The van der Waals surface area contributed by atoms with Crippen molar-refractivity contribution in [1.82, 2.24) is 20.1 Å². The summed E-state index contributed by atoms with van der Waals surface area (Å²) in [5, 5.41) is 3.60. The third kappa shape index (κ3) is 9.60. The van der Waals surface area contributed by atoms with Crippen molar-refractivity contribution in [2.75, 3.05) is 32.8 Å². The van der Waals surface area contributed by atoms with Gasteiger partial charge in [-0.2, -0.15) is 13.2 Å². The Balaban J connectivity index is 1.49. The van der Waals surface area contributed by atoms with Gasteiger partial charge in [0.2, 0.25) is 0 Å². The minimum atomic E-state index is -4.40. The molecule has 1 aliphatic heterocycles. The van der Waals surface area contributed by atoms with E-state index in [2.05, 4.69) is 10.2 Å². The second kappa shape index (κ2) is 15.3. The van der Waals surface area contributed by atoms with Gasteiger partial charge in [0, 0.05) is 59.9 Å². The fourth-order valence-corrected chi connectivity index (χ4v) is 6.87. The topological polar surface area (TPSA) is 84.0 Å². The lowest BCUT2D eigenvalue weighted by atomic mass is 10.1. The van der Waals surface area contributed by atoms with Crippen molar-refractivity contribution in [1.29, 1.82) is 0 Å². The van der Waals surface area contributed by atoms with Crippen molar-refractivity contribution >= 4 is 35.1 Å². The summed E-state index contributed by atoms with van der Waals surface area (Å²) >= 11 is 3.10. The molecule has 1 fully saturated rings. The van der Waals surface area contributed by atoms with Crippen LogP contribution >= 0.6 is 23.1 Å². The van der Waals surface area contributed by atoms with Crippen LogP contribution in [-0.4, -0.2) is 71.7 Å². The second-order valence-corrected chi connectivity index (χ2v) is 13.2. The Hall–Kier alpha value is -3.29. The number of thioether (sulfide) groups is 1. The molecule has 0 aliphatic carbocycles. The molecule has 1 atom stereocenters. The zero-order valence-electron chi connectivity index (χ0n) is 26.1. The maximum absolute atomic E-state index is 13.2. The highest BCUT2D eigenvalue weighted by molar-refractivity contribution is 7.98. The Morgan fingerprint density at radius 2 is 1.76 bits per heavy atom. The molecule has 244 valence electrons. The maximum Gasteiger partial charge on any atom is 0.416 e. The fourth-order valence-electron chi connectivity index (χ4n) is 4.69. The highest BCUT2D eigenvalue weighted by Crippen LogP contribution is 2.36. The third-order valence-electron chi connectivity index (χ3n) is 7.12. The standard InChI is InChI=1S/C32H39F3N4O4S2/c1-6-42-30(40)22(5)43-27-12-11-25(17-21(27)4)44-19-28-26(18-38-13-15-39(16-14-38)31(41)36-20(2)3)37-29(45-28)23-7-9-24(10-8-23)32(33,34)35/h7-12,17,20,22H,6,13-16,18-19H2,1-5H3,(H,36,41). The molecule has 1 aliphatic rings. The molecule has 1 saturated heterocycles. The van der Waals surface area contributed by atoms with Crippen LogP contribution < -0.4 is 10.1 Å². The summed E-state index contributed by atoms with van der Waals surface area (Å²) in [7, 11) is 0. The van der Waals surface area contributed by atoms with Crippen LogP contribution in [0.3, 0.4) is 0 Å². The molecule has 2 heterocycles. The number of alkyl halides is 3. The van der Waals surface area contributed by atoms with E-state index in [-0.39, 0.29) is 18.7 Å². The van der Waals surface area contributed by atoms with Gasteiger partial charge < -0.3 is 19.7 Å². The summed E-state index contributed by atoms with van der Waals surface area (Å²) in [6.07, 6.45) is -5.13. The molecule has 13 heteroatoms. The van der Waals surface area contributed by atoms with Crippen LogP contribution in [0.5, 0.6) is 5.75 Å². The number of aromatic nitrogens is 1. The molecule has 3 aromatic rings. The molecule has 4 rings (SSSR count). The first-order valence-electron chi connectivity index (χ1n) is 14.8. The van der Waals surface area contributed by atoms with Gasteiger partial charge in [-0.1, -0.05) is 12.1 Å². The smallest absolute Gasteiger partial charge is 0.416 e. The van der Waals surface area contributed by atoms with Crippen molar-refractivity contribution in [2.24, 2.45) is 0 Å². The van der Waals surface area contributed by atoms with E-state index in [9.17, 15) is 22.8 Å². The van der Waals surface area contributed by atoms with E-state index in [1.807, 2.05) is 43.9 Å². The predicted molar refractivity (Wildman–Crippen MR) is 171 cm³/mol. The Bertz CT molecular complexity index is 1460. The number of rotatable bonds is 11. The van der Waals surface area contributed by atoms with Gasteiger partial charge in [0.15, 0.2) is 6.10 Å². The van der Waals surface area contributed by atoms with Gasteiger partial charge in [-0.15, -0.1) is 23.1 Å². The number of esters is 1. The van der Waals surface area contributed by atoms with E-state index < -0.39 is 23.8 Å². The number of halogens is 3. The van der Waals surface area contributed by atoms with Crippen LogP contribution in [0.2, 0.25) is 0 Å². The van der Waals surface area contributed by atoms with Crippen molar-refractivity contribution < 1.29 is 32.2 Å². The van der Waals surface area contributed by atoms with Gasteiger partial charge in [0.05, 0.1) is 17.9 Å². The van der Waals surface area contributed by atoms with Gasteiger partial charge in [0.25, 0.3) is 0 Å². The van der Waals surface area contributed by atoms with Gasteiger partial charge in [0.1, 0.15) is 10.8 Å². The van der Waals surface area contributed by atoms with Crippen LogP contribution in [0.1, 0.15) is 49.4 Å². The average molecular weight is 665 g/mol. The van der Waals surface area contributed by atoms with Crippen molar-refractivity contribution in [2.45, 2.75) is 70.1 Å². The van der Waals surface area contributed by atoms with Crippen molar-refractivity contribution in [3.05, 3.63) is 64.2 Å². The van der Waals surface area contributed by atoms with E-state index in [1.165, 1.54) is 23.5 Å². The van der Waals surface area contributed by atoms with E-state index in [1.54, 1.807) is 25.6 Å². The highest BCUT2D eigenvalue weighted by Gasteiger charge is 2.30. The molecule has 45 heavy (non-hydrogen) atoms. The molecular formula is C32H39F3N4O4S2. The number of carbonyl (C=O) groups excluding carboxylic acids is 2. The molecule has 2 amide bonds.